The first-order valence-electron chi connectivity index (χ1n) is 7.22. The fourth-order valence-electron chi connectivity index (χ4n) is 2.71. The number of nitrogen functional groups attached to an aromatic ring is 1. The summed E-state index contributed by atoms with van der Waals surface area (Å²) in [5, 5.41) is 0. The molecule has 0 aliphatic heterocycles. The number of hydrogen-bond acceptors (Lipinski definition) is 2. The zero-order valence-electron chi connectivity index (χ0n) is 13.0. The van der Waals surface area contributed by atoms with Crippen molar-refractivity contribution in [3.63, 3.8) is 0 Å². The topological polar surface area (TPSA) is 43.8 Å². The summed E-state index contributed by atoms with van der Waals surface area (Å²) in [7, 11) is 0. The van der Waals surface area contributed by atoms with Gasteiger partial charge in [0.2, 0.25) is 0 Å². The molecule has 2 N–H and O–H groups in total. The number of aromatic nitrogens is 2. The molecule has 0 unspecified atom stereocenters. The number of fused-ring (bicyclic) bond motifs is 1. The molecule has 1 heterocycles. The Kier molecular flexibility index (Phi) is 3.01. The van der Waals surface area contributed by atoms with Gasteiger partial charge in [-0.15, -0.1) is 0 Å². The Morgan fingerprint density at radius 2 is 1.76 bits per heavy atom. The second-order valence-corrected chi connectivity index (χ2v) is 6.50. The molecule has 0 saturated carbocycles. The van der Waals surface area contributed by atoms with Crippen molar-refractivity contribution >= 4 is 16.7 Å². The van der Waals surface area contributed by atoms with Crippen molar-refractivity contribution < 1.29 is 0 Å². The summed E-state index contributed by atoms with van der Waals surface area (Å²) in [6, 6.07) is 14.4. The first-order valence-corrected chi connectivity index (χ1v) is 7.22. The van der Waals surface area contributed by atoms with E-state index in [1.54, 1.807) is 0 Å². The minimum atomic E-state index is -0.0409. The van der Waals surface area contributed by atoms with Gasteiger partial charge in [0, 0.05) is 16.8 Å². The summed E-state index contributed by atoms with van der Waals surface area (Å²) in [6.45, 7) is 8.64. The molecule has 0 spiro atoms. The average molecular weight is 279 g/mol. The fraction of sp³-hybridized carbons (Fsp3) is 0.278. The number of benzene rings is 2. The van der Waals surface area contributed by atoms with Crippen molar-refractivity contribution in [2.24, 2.45) is 0 Å². The Hall–Kier alpha value is -2.29. The molecule has 2 aromatic carbocycles. The van der Waals surface area contributed by atoms with Crippen LogP contribution in [0, 0.1) is 6.92 Å². The highest BCUT2D eigenvalue weighted by Crippen LogP contribution is 2.32. The molecule has 0 amide bonds. The molecule has 0 atom stereocenters. The van der Waals surface area contributed by atoms with Gasteiger partial charge in [-0.3, -0.25) is 0 Å². The van der Waals surface area contributed by atoms with E-state index in [2.05, 4.69) is 49.6 Å². The van der Waals surface area contributed by atoms with E-state index < -0.39 is 0 Å². The Bertz CT molecular complexity index is 807. The lowest BCUT2D eigenvalue weighted by Gasteiger charge is -2.25. The fourth-order valence-corrected chi connectivity index (χ4v) is 2.71. The van der Waals surface area contributed by atoms with Gasteiger partial charge in [-0.25, -0.2) is 4.98 Å². The van der Waals surface area contributed by atoms with E-state index in [0.29, 0.717) is 0 Å². The van der Waals surface area contributed by atoms with Gasteiger partial charge in [0.05, 0.1) is 11.0 Å². The third kappa shape index (κ3) is 2.29. The molecule has 3 aromatic rings. The lowest BCUT2D eigenvalue weighted by atomic mass is 10.1. The van der Waals surface area contributed by atoms with Gasteiger partial charge in [0.25, 0.3) is 0 Å². The highest BCUT2D eigenvalue weighted by molar-refractivity contribution is 5.81. The molecule has 3 heteroatoms. The molecule has 21 heavy (non-hydrogen) atoms. The first kappa shape index (κ1) is 13.7. The Balaban J connectivity index is 2.33. The lowest BCUT2D eigenvalue weighted by molar-refractivity contribution is 0.413. The molecule has 108 valence electrons. The molecule has 0 fully saturated rings. The number of anilines is 1. The number of para-hydroxylation sites is 2. The molecular weight excluding hydrogens is 258 g/mol. The summed E-state index contributed by atoms with van der Waals surface area (Å²) >= 11 is 0. The van der Waals surface area contributed by atoms with Crippen LogP contribution in [0.1, 0.15) is 26.3 Å². The predicted octanol–water partition coefficient (Wildman–Crippen LogP) is 4.35. The Morgan fingerprint density at radius 3 is 2.43 bits per heavy atom. The minimum absolute atomic E-state index is 0.0409. The normalized spacial score (nSPS) is 12.0. The number of imidazole rings is 1. The van der Waals surface area contributed by atoms with Gasteiger partial charge in [-0.2, -0.15) is 0 Å². The summed E-state index contributed by atoms with van der Waals surface area (Å²) in [5.41, 5.74) is 11.1. The summed E-state index contributed by atoms with van der Waals surface area (Å²) in [5.74, 6) is 0.992. The Morgan fingerprint density at radius 1 is 1.05 bits per heavy atom. The third-order valence-electron chi connectivity index (χ3n) is 3.76. The number of aryl methyl sites for hydroxylation is 1. The second kappa shape index (κ2) is 4.62. The van der Waals surface area contributed by atoms with Gasteiger partial charge < -0.3 is 10.3 Å². The summed E-state index contributed by atoms with van der Waals surface area (Å²) in [4.78, 5) is 4.84. The van der Waals surface area contributed by atoms with Crippen molar-refractivity contribution in [2.75, 3.05) is 5.73 Å². The van der Waals surface area contributed by atoms with Crippen LogP contribution in [0.2, 0.25) is 0 Å². The molecular formula is C18H21N3. The molecule has 0 radical (unpaired) electrons. The van der Waals surface area contributed by atoms with E-state index in [4.69, 9.17) is 10.7 Å². The van der Waals surface area contributed by atoms with Crippen molar-refractivity contribution in [3.05, 3.63) is 48.0 Å². The van der Waals surface area contributed by atoms with Crippen molar-refractivity contribution in [1.82, 2.24) is 9.55 Å². The van der Waals surface area contributed by atoms with E-state index in [-0.39, 0.29) is 5.54 Å². The van der Waals surface area contributed by atoms with E-state index in [9.17, 15) is 0 Å². The standard InChI is InChI=1S/C18H21N3/c1-12-11-13(9-10-14(12)19)17-20-15-7-5-6-8-16(15)21(17)18(2,3)4/h5-11H,19H2,1-4H3. The quantitative estimate of drug-likeness (QED) is 0.673. The maximum Gasteiger partial charge on any atom is 0.141 e. The maximum absolute atomic E-state index is 5.94. The van der Waals surface area contributed by atoms with E-state index in [0.717, 1.165) is 33.7 Å². The van der Waals surface area contributed by atoms with Crippen molar-refractivity contribution in [3.8, 4) is 11.4 Å². The van der Waals surface area contributed by atoms with Gasteiger partial charge in [0.15, 0.2) is 0 Å². The van der Waals surface area contributed by atoms with Gasteiger partial charge in [-0.1, -0.05) is 12.1 Å². The summed E-state index contributed by atoms with van der Waals surface area (Å²) < 4.78 is 2.30. The second-order valence-electron chi connectivity index (χ2n) is 6.50. The van der Waals surface area contributed by atoms with Crippen molar-refractivity contribution in [1.29, 1.82) is 0 Å². The Labute approximate surface area is 125 Å². The number of nitrogens with zero attached hydrogens (tertiary/aromatic N) is 2. The molecule has 0 aliphatic rings. The van der Waals surface area contributed by atoms with Crippen LogP contribution in [-0.4, -0.2) is 9.55 Å². The SMILES string of the molecule is Cc1cc(-c2nc3ccccc3n2C(C)(C)C)ccc1N. The van der Waals surface area contributed by atoms with E-state index in [1.807, 2.05) is 25.1 Å². The third-order valence-corrected chi connectivity index (χ3v) is 3.76. The lowest BCUT2D eigenvalue weighted by Crippen LogP contribution is -2.22. The molecule has 0 aliphatic carbocycles. The highest BCUT2D eigenvalue weighted by Gasteiger charge is 2.22. The predicted molar refractivity (Wildman–Crippen MR) is 89.3 cm³/mol. The van der Waals surface area contributed by atoms with Crippen LogP contribution in [0.15, 0.2) is 42.5 Å². The van der Waals surface area contributed by atoms with Crippen molar-refractivity contribution in [2.45, 2.75) is 33.2 Å². The molecule has 0 saturated heterocycles. The smallest absolute Gasteiger partial charge is 0.141 e. The number of nitrogens with two attached hydrogens (primary N) is 1. The van der Waals surface area contributed by atoms with Gasteiger partial charge in [0.1, 0.15) is 5.82 Å². The van der Waals surface area contributed by atoms with Crippen LogP contribution in [-0.2, 0) is 5.54 Å². The molecule has 1 aromatic heterocycles. The van der Waals surface area contributed by atoms with E-state index in [1.165, 1.54) is 0 Å². The first-order chi connectivity index (χ1) is 9.88. The maximum atomic E-state index is 5.94. The number of hydrogen-bond donors (Lipinski definition) is 1. The van der Waals surface area contributed by atoms with E-state index >= 15 is 0 Å². The van der Waals surface area contributed by atoms with Gasteiger partial charge >= 0.3 is 0 Å². The monoisotopic (exact) mass is 279 g/mol. The van der Waals surface area contributed by atoms with Crippen LogP contribution >= 0.6 is 0 Å². The van der Waals surface area contributed by atoms with Crippen LogP contribution in [0.4, 0.5) is 5.69 Å². The zero-order chi connectivity index (χ0) is 15.2. The summed E-state index contributed by atoms with van der Waals surface area (Å²) in [6.07, 6.45) is 0. The van der Waals surface area contributed by atoms with Crippen LogP contribution in [0.3, 0.4) is 0 Å². The van der Waals surface area contributed by atoms with Crippen LogP contribution < -0.4 is 5.73 Å². The zero-order valence-corrected chi connectivity index (χ0v) is 13.0. The van der Waals surface area contributed by atoms with Gasteiger partial charge in [-0.05, 0) is 63.6 Å². The van der Waals surface area contributed by atoms with Crippen LogP contribution in [0.25, 0.3) is 22.4 Å². The largest absolute Gasteiger partial charge is 0.399 e. The average Bonchev–Trinajstić information content (AvgIpc) is 2.81. The molecule has 0 bridgehead atoms. The molecule has 3 rings (SSSR count). The highest BCUT2D eigenvalue weighted by atomic mass is 15.1. The molecule has 3 nitrogen and oxygen atoms in total. The van der Waals surface area contributed by atoms with Crippen LogP contribution in [0.5, 0.6) is 0 Å². The number of rotatable bonds is 1. The minimum Gasteiger partial charge on any atom is -0.399 e.